The van der Waals surface area contributed by atoms with Gasteiger partial charge in [-0.15, -0.1) is 0 Å². The summed E-state index contributed by atoms with van der Waals surface area (Å²) < 4.78 is 1.12. The highest BCUT2D eigenvalue weighted by Gasteiger charge is 2.02. The monoisotopic (exact) mass is 408 g/mol. The maximum absolute atomic E-state index is 11.4. The van der Waals surface area contributed by atoms with Crippen LogP contribution in [0.25, 0.3) is 21.8 Å². The molecule has 2 heterocycles. The number of H-pyrrole nitrogens is 1. The first-order valence-corrected chi connectivity index (χ1v) is 9.56. The number of benzene rings is 2. The summed E-state index contributed by atoms with van der Waals surface area (Å²) in [4.78, 5) is 18.9. The predicted molar refractivity (Wildman–Crippen MR) is 113 cm³/mol. The van der Waals surface area contributed by atoms with Gasteiger partial charge >= 0.3 is 0 Å². The van der Waals surface area contributed by atoms with Crippen LogP contribution in [0.5, 0.6) is 0 Å². The van der Waals surface area contributed by atoms with Gasteiger partial charge in [-0.25, -0.2) is 0 Å². The summed E-state index contributed by atoms with van der Waals surface area (Å²) in [5, 5.41) is 1.98. The number of aromatic amines is 1. The lowest BCUT2D eigenvalue weighted by atomic mass is 10.1. The van der Waals surface area contributed by atoms with Crippen LogP contribution in [0.1, 0.15) is 25.0 Å². The van der Waals surface area contributed by atoms with Gasteiger partial charge in [-0.05, 0) is 36.1 Å². The van der Waals surface area contributed by atoms with E-state index in [2.05, 4.69) is 57.9 Å². The second kappa shape index (κ2) is 8.28. The fraction of sp³-hybridized carbons (Fsp3) is 0.182. The van der Waals surface area contributed by atoms with Crippen molar-refractivity contribution in [1.82, 2.24) is 9.97 Å². The molecule has 4 aromatic rings. The Morgan fingerprint density at radius 3 is 2.35 bits per heavy atom. The van der Waals surface area contributed by atoms with Gasteiger partial charge in [-0.2, -0.15) is 0 Å². The van der Waals surface area contributed by atoms with E-state index in [1.165, 1.54) is 16.5 Å². The number of halogens is 1. The number of nitrogens with one attached hydrogen (secondary N) is 1. The van der Waals surface area contributed by atoms with Gasteiger partial charge in [-0.1, -0.05) is 60.1 Å². The number of nitrogens with zero attached hydrogens (tertiary/aromatic N) is 1. The number of rotatable bonds is 2. The molecule has 0 aliphatic carbocycles. The maximum Gasteiger partial charge on any atom is 0.189 e. The van der Waals surface area contributed by atoms with Crippen molar-refractivity contribution in [2.45, 2.75) is 26.7 Å². The van der Waals surface area contributed by atoms with Crippen molar-refractivity contribution in [3.63, 3.8) is 0 Å². The van der Waals surface area contributed by atoms with Crippen LogP contribution in [0.3, 0.4) is 0 Å². The molecule has 0 spiro atoms. The molecule has 2 aromatic heterocycles. The number of pyridine rings is 2. The van der Waals surface area contributed by atoms with Crippen molar-refractivity contribution >= 4 is 37.7 Å². The Morgan fingerprint density at radius 2 is 1.62 bits per heavy atom. The molecule has 26 heavy (non-hydrogen) atoms. The van der Waals surface area contributed by atoms with Crippen molar-refractivity contribution < 1.29 is 0 Å². The van der Waals surface area contributed by atoms with Gasteiger partial charge < -0.3 is 4.98 Å². The number of fused-ring (bicyclic) bond motifs is 2. The highest BCUT2D eigenvalue weighted by Crippen LogP contribution is 2.24. The minimum atomic E-state index is 0.0871. The third-order valence-corrected chi connectivity index (χ3v) is 5.13. The molecule has 0 atom stereocenters. The average Bonchev–Trinajstić information content (AvgIpc) is 2.68. The van der Waals surface area contributed by atoms with Gasteiger partial charge in [-0.3, -0.25) is 9.78 Å². The zero-order valence-corrected chi connectivity index (χ0v) is 16.5. The van der Waals surface area contributed by atoms with Crippen molar-refractivity contribution in [3.05, 3.63) is 86.7 Å². The van der Waals surface area contributed by atoms with Crippen molar-refractivity contribution in [3.8, 4) is 0 Å². The molecule has 0 amide bonds. The van der Waals surface area contributed by atoms with Crippen molar-refractivity contribution in [1.29, 1.82) is 0 Å². The summed E-state index contributed by atoms with van der Waals surface area (Å²) in [5.41, 5.74) is 4.66. The Morgan fingerprint density at radius 1 is 0.923 bits per heavy atom. The Kier molecular flexibility index (Phi) is 5.84. The second-order valence-corrected chi connectivity index (χ2v) is 6.85. The number of aromatic nitrogens is 2. The van der Waals surface area contributed by atoms with E-state index in [-0.39, 0.29) is 5.43 Å². The summed E-state index contributed by atoms with van der Waals surface area (Å²) in [6.45, 7) is 4.23. The van der Waals surface area contributed by atoms with E-state index in [1.807, 2.05) is 30.5 Å². The summed E-state index contributed by atoms with van der Waals surface area (Å²) >= 11 is 3.52. The molecule has 0 radical (unpaired) electrons. The van der Waals surface area contributed by atoms with Gasteiger partial charge in [0.2, 0.25) is 0 Å². The molecule has 0 saturated heterocycles. The SMILES string of the molecule is CCc1cccc2c(=O)cc[nH]c12.CCc1cccc2c(Br)ccnc12. The first-order chi connectivity index (χ1) is 12.7. The number of hydrogen-bond donors (Lipinski definition) is 1. The first-order valence-electron chi connectivity index (χ1n) is 8.77. The minimum Gasteiger partial charge on any atom is -0.361 e. The molecule has 0 aliphatic heterocycles. The van der Waals surface area contributed by atoms with Crippen molar-refractivity contribution in [2.75, 3.05) is 0 Å². The van der Waals surface area contributed by atoms with Crippen LogP contribution in [0.4, 0.5) is 0 Å². The molecular weight excluding hydrogens is 388 g/mol. The largest absolute Gasteiger partial charge is 0.361 e. The first kappa shape index (κ1) is 18.3. The van der Waals surface area contributed by atoms with Crippen LogP contribution < -0.4 is 5.43 Å². The fourth-order valence-corrected chi connectivity index (χ4v) is 3.49. The molecule has 0 unspecified atom stereocenters. The Balaban J connectivity index is 0.000000151. The molecule has 132 valence electrons. The quantitative estimate of drug-likeness (QED) is 0.465. The van der Waals surface area contributed by atoms with E-state index in [0.717, 1.165) is 33.7 Å². The second-order valence-electron chi connectivity index (χ2n) is 5.99. The van der Waals surface area contributed by atoms with Gasteiger partial charge in [0.15, 0.2) is 5.43 Å². The van der Waals surface area contributed by atoms with Crippen LogP contribution in [-0.2, 0) is 12.8 Å². The predicted octanol–water partition coefficient (Wildman–Crippen LogP) is 5.65. The zero-order chi connectivity index (χ0) is 18.5. The summed E-state index contributed by atoms with van der Waals surface area (Å²) in [7, 11) is 0. The van der Waals surface area contributed by atoms with Crippen molar-refractivity contribution in [2.24, 2.45) is 0 Å². The Bertz CT molecular complexity index is 1100. The van der Waals surface area contributed by atoms with Gasteiger partial charge in [0, 0.05) is 33.7 Å². The molecule has 4 heteroatoms. The molecule has 2 aromatic carbocycles. The number of aryl methyl sites for hydroxylation is 2. The molecule has 0 fully saturated rings. The van der Waals surface area contributed by atoms with Gasteiger partial charge in [0.25, 0.3) is 0 Å². The van der Waals surface area contributed by atoms with Crippen LogP contribution in [0, 0.1) is 0 Å². The number of hydrogen-bond acceptors (Lipinski definition) is 2. The molecule has 4 rings (SSSR count). The Labute approximate surface area is 161 Å². The lowest BCUT2D eigenvalue weighted by Gasteiger charge is -2.03. The number of para-hydroxylation sites is 2. The lowest BCUT2D eigenvalue weighted by Crippen LogP contribution is -2.01. The van der Waals surface area contributed by atoms with Gasteiger partial charge in [0.1, 0.15) is 0 Å². The van der Waals surface area contributed by atoms with E-state index in [9.17, 15) is 4.79 Å². The average molecular weight is 409 g/mol. The Hall–Kier alpha value is -2.46. The maximum atomic E-state index is 11.4. The molecule has 3 nitrogen and oxygen atoms in total. The molecule has 0 aliphatic rings. The van der Waals surface area contributed by atoms with Crippen LogP contribution in [0.2, 0.25) is 0 Å². The minimum absolute atomic E-state index is 0.0871. The molecule has 0 bridgehead atoms. The summed E-state index contributed by atoms with van der Waals surface area (Å²) in [6.07, 6.45) is 5.51. The zero-order valence-electron chi connectivity index (χ0n) is 14.9. The third kappa shape index (κ3) is 3.70. The third-order valence-electron chi connectivity index (χ3n) is 4.44. The summed E-state index contributed by atoms with van der Waals surface area (Å²) in [6, 6.07) is 15.6. The highest BCUT2D eigenvalue weighted by molar-refractivity contribution is 9.10. The normalized spacial score (nSPS) is 10.6. The van der Waals surface area contributed by atoms with E-state index in [1.54, 1.807) is 12.3 Å². The molecule has 0 saturated carbocycles. The molecular formula is C22H21BrN2O. The van der Waals surface area contributed by atoms with Crippen LogP contribution in [-0.4, -0.2) is 9.97 Å². The van der Waals surface area contributed by atoms with Gasteiger partial charge in [0.05, 0.1) is 11.0 Å². The topological polar surface area (TPSA) is 45.8 Å². The van der Waals surface area contributed by atoms with E-state index in [4.69, 9.17) is 0 Å². The molecule has 1 N–H and O–H groups in total. The lowest BCUT2D eigenvalue weighted by molar-refractivity contribution is 1.14. The van der Waals surface area contributed by atoms with E-state index in [0.29, 0.717) is 0 Å². The standard InChI is InChI=1S/C11H10BrN.C11H11NO/c1-2-8-4-3-5-9-10(12)6-7-13-11(8)9;1-2-8-4-3-5-9-10(13)6-7-12-11(8)9/h3-7H,2H2,1H3;3-7H,2H2,1H3,(H,12,13). The fourth-order valence-electron chi connectivity index (χ4n) is 3.05. The van der Waals surface area contributed by atoms with E-state index < -0.39 is 0 Å². The smallest absolute Gasteiger partial charge is 0.189 e. The van der Waals surface area contributed by atoms with E-state index >= 15 is 0 Å². The van der Waals surface area contributed by atoms with Crippen LogP contribution in [0.15, 0.2) is 70.2 Å². The highest BCUT2D eigenvalue weighted by atomic mass is 79.9. The van der Waals surface area contributed by atoms with Crippen LogP contribution >= 0.6 is 15.9 Å². The summed E-state index contributed by atoms with van der Waals surface area (Å²) in [5.74, 6) is 0.